The number of rotatable bonds is 1. The molecule has 0 saturated carbocycles. The van der Waals surface area contributed by atoms with Crippen LogP contribution >= 0.6 is 0 Å². The van der Waals surface area contributed by atoms with E-state index in [0.29, 0.717) is 19.3 Å². The maximum atomic E-state index is 5.57. The van der Waals surface area contributed by atoms with Gasteiger partial charge in [-0.3, -0.25) is 0 Å². The topological polar surface area (TPSA) is 42.5 Å². The maximum absolute atomic E-state index is 5.57. The summed E-state index contributed by atoms with van der Waals surface area (Å²) in [7, 11) is 0. The van der Waals surface area contributed by atoms with Crippen LogP contribution in [-0.2, 0) is 0 Å². The lowest BCUT2D eigenvalue weighted by molar-refractivity contribution is 0.172. The number of ether oxygens (including phenoxy) is 2. The van der Waals surface area contributed by atoms with E-state index in [0.717, 1.165) is 35.8 Å². The van der Waals surface area contributed by atoms with Crippen LogP contribution in [0.3, 0.4) is 0 Å². The molecule has 1 atom stereocenters. The van der Waals surface area contributed by atoms with Crippen molar-refractivity contribution in [3.8, 4) is 11.5 Å². The number of fused-ring (bicyclic) bond motifs is 2. The van der Waals surface area contributed by atoms with Crippen LogP contribution in [0.4, 0.5) is 11.4 Å². The van der Waals surface area contributed by atoms with Crippen LogP contribution in [0.25, 0.3) is 0 Å². The van der Waals surface area contributed by atoms with Crippen molar-refractivity contribution in [2.45, 2.75) is 19.4 Å². The quantitative estimate of drug-likeness (QED) is 0.760. The van der Waals surface area contributed by atoms with Gasteiger partial charge in [0.05, 0.1) is 11.4 Å². The maximum Gasteiger partial charge on any atom is 0.163 e. The van der Waals surface area contributed by atoms with Crippen LogP contribution in [0.2, 0.25) is 0 Å². The third kappa shape index (κ3) is 1.54. The van der Waals surface area contributed by atoms with Crippen LogP contribution in [0.1, 0.15) is 13.3 Å². The molecule has 0 fully saturated rings. The van der Waals surface area contributed by atoms with E-state index in [4.69, 9.17) is 9.47 Å². The summed E-state index contributed by atoms with van der Waals surface area (Å²) >= 11 is 0. The van der Waals surface area contributed by atoms with E-state index in [1.165, 1.54) is 0 Å². The summed E-state index contributed by atoms with van der Waals surface area (Å²) in [6.45, 7) is 4.42. The second-order valence-corrected chi connectivity index (χ2v) is 4.17. The summed E-state index contributed by atoms with van der Waals surface area (Å²) < 4.78 is 11.1. The van der Waals surface area contributed by atoms with Crippen LogP contribution in [0.5, 0.6) is 11.5 Å². The highest BCUT2D eigenvalue weighted by Gasteiger charge is 2.20. The van der Waals surface area contributed by atoms with Crippen molar-refractivity contribution in [1.29, 1.82) is 0 Å². The number of hydrogen-bond acceptors (Lipinski definition) is 4. The van der Waals surface area contributed by atoms with E-state index < -0.39 is 0 Å². The summed E-state index contributed by atoms with van der Waals surface area (Å²) in [5.41, 5.74) is 2.22. The number of hydrogen-bond donors (Lipinski definition) is 2. The molecular weight excluding hydrogens is 204 g/mol. The van der Waals surface area contributed by atoms with Crippen molar-refractivity contribution in [3.63, 3.8) is 0 Å². The average molecular weight is 220 g/mol. The highest BCUT2D eigenvalue weighted by atomic mass is 16.6. The molecule has 0 spiro atoms. The molecule has 4 heteroatoms. The van der Waals surface area contributed by atoms with Gasteiger partial charge >= 0.3 is 0 Å². The third-order valence-electron chi connectivity index (χ3n) is 3.07. The van der Waals surface area contributed by atoms with Gasteiger partial charge in [-0.25, -0.2) is 0 Å². The van der Waals surface area contributed by atoms with Gasteiger partial charge < -0.3 is 20.1 Å². The Balaban J connectivity index is 1.95. The lowest BCUT2D eigenvalue weighted by Gasteiger charge is -2.29. The second-order valence-electron chi connectivity index (χ2n) is 4.17. The van der Waals surface area contributed by atoms with Crippen LogP contribution in [-0.4, -0.2) is 25.8 Å². The smallest absolute Gasteiger partial charge is 0.163 e. The fraction of sp³-hybridized carbons (Fsp3) is 0.500. The van der Waals surface area contributed by atoms with Gasteiger partial charge in [-0.2, -0.15) is 0 Å². The Hall–Kier alpha value is -1.58. The molecule has 4 nitrogen and oxygen atoms in total. The van der Waals surface area contributed by atoms with Crippen molar-refractivity contribution in [3.05, 3.63) is 12.1 Å². The molecule has 86 valence electrons. The minimum Gasteiger partial charge on any atom is -0.486 e. The van der Waals surface area contributed by atoms with Gasteiger partial charge in [0.25, 0.3) is 0 Å². The Morgan fingerprint density at radius 3 is 2.56 bits per heavy atom. The largest absolute Gasteiger partial charge is 0.486 e. The molecule has 0 aromatic heterocycles. The molecule has 1 aromatic carbocycles. The molecule has 16 heavy (non-hydrogen) atoms. The third-order valence-corrected chi connectivity index (χ3v) is 3.07. The molecule has 0 radical (unpaired) electrons. The molecule has 2 aliphatic heterocycles. The number of anilines is 2. The van der Waals surface area contributed by atoms with Gasteiger partial charge in [-0.1, -0.05) is 6.92 Å². The second kappa shape index (κ2) is 3.77. The minimum atomic E-state index is 0.495. The van der Waals surface area contributed by atoms with E-state index in [1.54, 1.807) is 0 Å². The van der Waals surface area contributed by atoms with E-state index in [-0.39, 0.29) is 0 Å². The summed E-state index contributed by atoms with van der Waals surface area (Å²) in [6, 6.07) is 4.54. The fourth-order valence-corrected chi connectivity index (χ4v) is 2.10. The predicted octanol–water partition coefficient (Wildman–Crippen LogP) is 2.07. The van der Waals surface area contributed by atoms with E-state index in [1.807, 2.05) is 12.1 Å². The van der Waals surface area contributed by atoms with Gasteiger partial charge in [0.15, 0.2) is 11.5 Å². The first-order chi connectivity index (χ1) is 7.86. The fourth-order valence-electron chi connectivity index (χ4n) is 2.10. The Kier molecular flexibility index (Phi) is 2.27. The van der Waals surface area contributed by atoms with E-state index in [2.05, 4.69) is 17.6 Å². The van der Waals surface area contributed by atoms with Gasteiger partial charge in [-0.15, -0.1) is 0 Å². The van der Waals surface area contributed by atoms with Crippen LogP contribution in [0.15, 0.2) is 12.1 Å². The molecule has 0 aliphatic carbocycles. The minimum absolute atomic E-state index is 0.495. The lowest BCUT2D eigenvalue weighted by Crippen LogP contribution is -2.32. The highest BCUT2D eigenvalue weighted by Crippen LogP contribution is 2.39. The van der Waals surface area contributed by atoms with Crippen molar-refractivity contribution < 1.29 is 9.47 Å². The van der Waals surface area contributed by atoms with E-state index in [9.17, 15) is 0 Å². The first kappa shape index (κ1) is 9.63. The molecule has 1 unspecified atom stereocenters. The zero-order chi connectivity index (χ0) is 11.0. The SMILES string of the molecule is CCC1CNc2cc3c(cc2N1)OCCO3. The molecule has 0 bridgehead atoms. The zero-order valence-corrected chi connectivity index (χ0v) is 9.38. The van der Waals surface area contributed by atoms with Gasteiger partial charge in [0, 0.05) is 24.7 Å². The summed E-state index contributed by atoms with van der Waals surface area (Å²) in [4.78, 5) is 0. The van der Waals surface area contributed by atoms with Crippen molar-refractivity contribution in [2.75, 3.05) is 30.4 Å². The molecule has 2 heterocycles. The Morgan fingerprint density at radius 2 is 1.88 bits per heavy atom. The van der Waals surface area contributed by atoms with Crippen molar-refractivity contribution in [2.24, 2.45) is 0 Å². The zero-order valence-electron chi connectivity index (χ0n) is 9.38. The molecule has 3 rings (SSSR count). The molecular formula is C12H16N2O2. The standard InChI is InChI=1S/C12H16N2O2/c1-2-8-7-13-9-5-11-12(6-10(9)14-8)16-4-3-15-11/h5-6,8,13-14H,2-4,7H2,1H3. The average Bonchev–Trinajstić information content (AvgIpc) is 2.35. The molecule has 2 aliphatic rings. The number of benzene rings is 1. The highest BCUT2D eigenvalue weighted by molar-refractivity contribution is 5.76. The summed E-state index contributed by atoms with van der Waals surface area (Å²) in [5.74, 6) is 1.69. The Morgan fingerprint density at radius 1 is 1.19 bits per heavy atom. The van der Waals surface area contributed by atoms with Crippen molar-refractivity contribution in [1.82, 2.24) is 0 Å². The Bertz CT molecular complexity index is 406. The first-order valence-electron chi connectivity index (χ1n) is 5.81. The van der Waals surface area contributed by atoms with Crippen LogP contribution in [0, 0.1) is 0 Å². The lowest BCUT2D eigenvalue weighted by atomic mass is 10.1. The first-order valence-corrected chi connectivity index (χ1v) is 5.81. The van der Waals surface area contributed by atoms with Crippen LogP contribution < -0.4 is 20.1 Å². The van der Waals surface area contributed by atoms with E-state index >= 15 is 0 Å². The molecule has 0 amide bonds. The molecule has 0 saturated heterocycles. The molecule has 2 N–H and O–H groups in total. The van der Waals surface area contributed by atoms with Gasteiger partial charge in [0.2, 0.25) is 0 Å². The number of nitrogens with one attached hydrogen (secondary N) is 2. The monoisotopic (exact) mass is 220 g/mol. The predicted molar refractivity (Wildman–Crippen MR) is 63.6 cm³/mol. The van der Waals surface area contributed by atoms with Gasteiger partial charge in [0.1, 0.15) is 13.2 Å². The molecule has 1 aromatic rings. The van der Waals surface area contributed by atoms with Gasteiger partial charge in [-0.05, 0) is 6.42 Å². The normalized spacial score (nSPS) is 21.7. The summed E-state index contributed by atoms with van der Waals surface area (Å²) in [5, 5.41) is 6.91. The van der Waals surface area contributed by atoms with Crippen molar-refractivity contribution >= 4 is 11.4 Å². The summed E-state index contributed by atoms with van der Waals surface area (Å²) in [6.07, 6.45) is 1.11. The Labute approximate surface area is 94.9 Å².